The Morgan fingerprint density at radius 1 is 0.955 bits per heavy atom. The Bertz CT molecular complexity index is 637. The van der Waals surface area contributed by atoms with Gasteiger partial charge >= 0.3 is 0 Å². The second-order valence-corrected chi connectivity index (χ2v) is 6.82. The first kappa shape index (κ1) is 14.3. The lowest BCUT2D eigenvalue weighted by atomic mass is 9.98. The van der Waals surface area contributed by atoms with Gasteiger partial charge in [0.1, 0.15) is 0 Å². The summed E-state index contributed by atoms with van der Waals surface area (Å²) in [6, 6.07) is 18.4. The van der Waals surface area contributed by atoms with Crippen LogP contribution >= 0.6 is 11.6 Å². The van der Waals surface area contributed by atoms with Gasteiger partial charge in [-0.05, 0) is 41.7 Å². The van der Waals surface area contributed by atoms with Gasteiger partial charge in [-0.1, -0.05) is 48.0 Å². The van der Waals surface area contributed by atoms with Crippen molar-refractivity contribution in [1.29, 1.82) is 0 Å². The van der Waals surface area contributed by atoms with Crippen LogP contribution in [0.2, 0.25) is 5.02 Å². The molecule has 4 rings (SSSR count). The Labute approximate surface area is 137 Å². The smallest absolute Gasteiger partial charge is 0.0406 e. The van der Waals surface area contributed by atoms with Crippen LogP contribution in [0.3, 0.4) is 0 Å². The molecular formula is C19H21ClN2. The fourth-order valence-corrected chi connectivity index (χ4v) is 4.02. The summed E-state index contributed by atoms with van der Waals surface area (Å²) in [6.07, 6.45) is 2.67. The molecule has 0 saturated carbocycles. The number of hydrogen-bond donors (Lipinski definition) is 1. The molecule has 2 aromatic rings. The van der Waals surface area contributed by atoms with Crippen LogP contribution < -0.4 is 5.32 Å². The maximum absolute atomic E-state index is 6.03. The summed E-state index contributed by atoms with van der Waals surface area (Å²) in [5, 5.41) is 4.35. The predicted octanol–water partition coefficient (Wildman–Crippen LogP) is 3.94. The summed E-state index contributed by atoms with van der Waals surface area (Å²) >= 11 is 6.03. The molecular weight excluding hydrogens is 292 g/mol. The topological polar surface area (TPSA) is 15.3 Å². The lowest BCUT2D eigenvalue weighted by Gasteiger charge is -2.35. The van der Waals surface area contributed by atoms with E-state index in [1.54, 1.807) is 0 Å². The maximum atomic E-state index is 6.03. The fourth-order valence-electron chi connectivity index (χ4n) is 3.89. The lowest BCUT2D eigenvalue weighted by molar-refractivity contribution is 0.145. The van der Waals surface area contributed by atoms with Crippen molar-refractivity contribution >= 4 is 11.6 Å². The summed E-state index contributed by atoms with van der Waals surface area (Å²) in [5.41, 5.74) is 4.00. The van der Waals surface area contributed by atoms with Gasteiger partial charge < -0.3 is 5.32 Å². The van der Waals surface area contributed by atoms with Crippen LogP contribution in [-0.4, -0.2) is 30.1 Å². The molecule has 2 saturated heterocycles. The highest BCUT2D eigenvalue weighted by molar-refractivity contribution is 6.30. The summed E-state index contributed by atoms with van der Waals surface area (Å²) in [5.74, 6) is 0. The second kappa shape index (κ2) is 6.04. The molecule has 0 amide bonds. The number of halogens is 1. The Morgan fingerprint density at radius 3 is 2.36 bits per heavy atom. The molecule has 22 heavy (non-hydrogen) atoms. The third-order valence-corrected chi connectivity index (χ3v) is 5.31. The molecule has 114 valence electrons. The fraction of sp³-hybridized carbons (Fsp3) is 0.368. The van der Waals surface area contributed by atoms with Gasteiger partial charge in [0.2, 0.25) is 0 Å². The number of fused-ring (bicyclic) bond motifs is 2. The lowest BCUT2D eigenvalue weighted by Crippen LogP contribution is -2.51. The highest BCUT2D eigenvalue weighted by atomic mass is 35.5. The van der Waals surface area contributed by atoms with Crippen molar-refractivity contribution in [2.75, 3.05) is 13.1 Å². The second-order valence-electron chi connectivity index (χ2n) is 6.38. The van der Waals surface area contributed by atoms with Crippen molar-refractivity contribution in [1.82, 2.24) is 10.2 Å². The Morgan fingerprint density at radius 2 is 1.64 bits per heavy atom. The Balaban J connectivity index is 1.64. The van der Waals surface area contributed by atoms with Gasteiger partial charge in [-0.3, -0.25) is 4.90 Å². The van der Waals surface area contributed by atoms with E-state index in [2.05, 4.69) is 46.6 Å². The number of rotatable bonds is 3. The van der Waals surface area contributed by atoms with E-state index in [0.29, 0.717) is 12.1 Å². The quantitative estimate of drug-likeness (QED) is 0.923. The highest BCUT2D eigenvalue weighted by Crippen LogP contribution is 2.32. The largest absolute Gasteiger partial charge is 0.314 e. The van der Waals surface area contributed by atoms with Crippen molar-refractivity contribution in [2.45, 2.75) is 31.5 Å². The molecule has 3 heteroatoms. The SMILES string of the molecule is Clc1ccc(-c2ccccc2CN2C3CCC2CNC3)cc1. The standard InChI is InChI=1S/C19H21ClN2/c20-16-7-5-14(6-8-16)19-4-2-1-3-15(19)13-22-17-9-10-18(22)12-21-11-17/h1-8,17-18,21H,9-13H2. The van der Waals surface area contributed by atoms with Crippen LogP contribution in [-0.2, 0) is 6.54 Å². The van der Waals surface area contributed by atoms with Gasteiger partial charge in [-0.25, -0.2) is 0 Å². The number of nitrogens with one attached hydrogen (secondary N) is 1. The normalized spacial score (nSPS) is 24.6. The van der Waals surface area contributed by atoms with E-state index in [4.69, 9.17) is 11.6 Å². The van der Waals surface area contributed by atoms with Gasteiger partial charge in [0, 0.05) is 36.7 Å². The average Bonchev–Trinajstić information content (AvgIpc) is 2.77. The summed E-state index contributed by atoms with van der Waals surface area (Å²) in [6.45, 7) is 3.33. The minimum atomic E-state index is 0.706. The van der Waals surface area contributed by atoms with Crippen LogP contribution in [0.4, 0.5) is 0 Å². The van der Waals surface area contributed by atoms with Crippen LogP contribution in [0.25, 0.3) is 11.1 Å². The molecule has 0 spiro atoms. The van der Waals surface area contributed by atoms with E-state index < -0.39 is 0 Å². The molecule has 2 fully saturated rings. The van der Waals surface area contributed by atoms with Gasteiger partial charge in [0.25, 0.3) is 0 Å². The van der Waals surface area contributed by atoms with E-state index in [1.807, 2.05) is 12.1 Å². The van der Waals surface area contributed by atoms with E-state index in [0.717, 1.165) is 24.7 Å². The molecule has 0 aromatic heterocycles. The molecule has 2 unspecified atom stereocenters. The number of nitrogens with zero attached hydrogens (tertiary/aromatic N) is 1. The highest BCUT2D eigenvalue weighted by Gasteiger charge is 2.36. The predicted molar refractivity (Wildman–Crippen MR) is 92.1 cm³/mol. The van der Waals surface area contributed by atoms with Crippen molar-refractivity contribution in [3.8, 4) is 11.1 Å². The van der Waals surface area contributed by atoms with Crippen LogP contribution in [0.5, 0.6) is 0 Å². The molecule has 1 N–H and O–H groups in total. The van der Waals surface area contributed by atoms with Crippen molar-refractivity contribution in [3.05, 3.63) is 59.1 Å². The molecule has 2 aliphatic heterocycles. The molecule has 2 bridgehead atoms. The molecule has 2 aliphatic rings. The molecule has 2 nitrogen and oxygen atoms in total. The van der Waals surface area contributed by atoms with Crippen molar-refractivity contribution in [3.63, 3.8) is 0 Å². The number of benzene rings is 2. The van der Waals surface area contributed by atoms with E-state index in [1.165, 1.54) is 29.5 Å². The van der Waals surface area contributed by atoms with Gasteiger partial charge in [0.05, 0.1) is 0 Å². The number of hydrogen-bond acceptors (Lipinski definition) is 2. The van der Waals surface area contributed by atoms with E-state index in [-0.39, 0.29) is 0 Å². The zero-order valence-corrected chi connectivity index (χ0v) is 13.4. The maximum Gasteiger partial charge on any atom is 0.0406 e. The molecule has 2 aromatic carbocycles. The van der Waals surface area contributed by atoms with E-state index in [9.17, 15) is 0 Å². The zero-order valence-electron chi connectivity index (χ0n) is 12.6. The van der Waals surface area contributed by atoms with Crippen LogP contribution in [0, 0.1) is 0 Å². The zero-order chi connectivity index (χ0) is 14.9. The van der Waals surface area contributed by atoms with Gasteiger partial charge in [-0.15, -0.1) is 0 Å². The summed E-state index contributed by atoms with van der Waals surface area (Å²) in [4.78, 5) is 2.70. The van der Waals surface area contributed by atoms with E-state index >= 15 is 0 Å². The minimum Gasteiger partial charge on any atom is -0.314 e. The molecule has 2 heterocycles. The van der Waals surface area contributed by atoms with Crippen LogP contribution in [0.1, 0.15) is 18.4 Å². The first-order chi connectivity index (χ1) is 10.8. The molecule has 2 atom stereocenters. The third kappa shape index (κ3) is 2.67. The minimum absolute atomic E-state index is 0.706. The first-order valence-electron chi connectivity index (χ1n) is 8.11. The number of piperazine rings is 1. The first-order valence-corrected chi connectivity index (χ1v) is 8.49. The van der Waals surface area contributed by atoms with Crippen molar-refractivity contribution in [2.24, 2.45) is 0 Å². The Kier molecular flexibility index (Phi) is 3.91. The van der Waals surface area contributed by atoms with Gasteiger partial charge in [0.15, 0.2) is 0 Å². The van der Waals surface area contributed by atoms with Crippen molar-refractivity contribution < 1.29 is 0 Å². The summed E-state index contributed by atoms with van der Waals surface area (Å²) in [7, 11) is 0. The monoisotopic (exact) mass is 312 g/mol. The molecule has 0 radical (unpaired) electrons. The van der Waals surface area contributed by atoms with Crippen LogP contribution in [0.15, 0.2) is 48.5 Å². The third-order valence-electron chi connectivity index (χ3n) is 5.06. The summed E-state index contributed by atoms with van der Waals surface area (Å²) < 4.78 is 0. The molecule has 0 aliphatic carbocycles. The van der Waals surface area contributed by atoms with Gasteiger partial charge in [-0.2, -0.15) is 0 Å². The Hall–Kier alpha value is -1.35. The average molecular weight is 313 g/mol.